The van der Waals surface area contributed by atoms with Crippen LogP contribution in [0.25, 0.3) is 0 Å². The minimum absolute atomic E-state index is 0.256. The van der Waals surface area contributed by atoms with Crippen molar-refractivity contribution in [3.05, 3.63) is 34.9 Å². The van der Waals surface area contributed by atoms with Crippen molar-refractivity contribution in [1.29, 1.82) is 0 Å². The average molecular weight is 322 g/mol. The van der Waals surface area contributed by atoms with E-state index >= 15 is 0 Å². The van der Waals surface area contributed by atoms with Crippen molar-refractivity contribution < 1.29 is 9.53 Å². The van der Waals surface area contributed by atoms with Crippen LogP contribution < -0.4 is 0 Å². The average Bonchev–Trinajstić information content (AvgIpc) is 2.55. The van der Waals surface area contributed by atoms with E-state index in [1.807, 2.05) is 18.2 Å². The summed E-state index contributed by atoms with van der Waals surface area (Å²) in [7, 11) is 1.68. The van der Waals surface area contributed by atoms with E-state index in [0.717, 1.165) is 54.7 Å². The normalized spacial score (nSPS) is 21.7. The molecule has 1 aromatic carbocycles. The Kier molecular flexibility index (Phi) is 7.07. The van der Waals surface area contributed by atoms with Gasteiger partial charge < -0.3 is 9.53 Å². The fraction of sp³-hybridized carbons (Fsp3) is 0.556. The third kappa shape index (κ3) is 4.65. The molecular weight excluding hydrogens is 298 g/mol. The molecule has 1 aliphatic rings. The Bertz CT molecular complexity index is 516. The van der Waals surface area contributed by atoms with Crippen molar-refractivity contribution in [2.45, 2.75) is 50.5 Å². The van der Waals surface area contributed by atoms with Gasteiger partial charge in [-0.1, -0.05) is 36.2 Å². The summed E-state index contributed by atoms with van der Waals surface area (Å²) in [5.74, 6) is 0.257. The van der Waals surface area contributed by atoms with Gasteiger partial charge in [-0.25, -0.2) is 0 Å². The van der Waals surface area contributed by atoms with Crippen molar-refractivity contribution in [3.63, 3.8) is 0 Å². The van der Waals surface area contributed by atoms with Crippen molar-refractivity contribution in [1.82, 2.24) is 0 Å². The van der Waals surface area contributed by atoms with E-state index in [1.54, 1.807) is 7.11 Å². The zero-order valence-corrected chi connectivity index (χ0v) is 13.9. The van der Waals surface area contributed by atoms with Crippen LogP contribution in [0.2, 0.25) is 5.02 Å². The van der Waals surface area contributed by atoms with Crippen LogP contribution in [-0.4, -0.2) is 31.8 Å². The fourth-order valence-corrected chi connectivity index (χ4v) is 3.32. The molecule has 4 heteroatoms. The van der Waals surface area contributed by atoms with Gasteiger partial charge in [-0.05, 0) is 43.7 Å². The number of halogens is 1. The van der Waals surface area contributed by atoms with Crippen LogP contribution >= 0.6 is 11.6 Å². The van der Waals surface area contributed by atoms with Crippen LogP contribution in [0.4, 0.5) is 0 Å². The van der Waals surface area contributed by atoms with Crippen LogP contribution in [0, 0.1) is 0 Å². The molecular formula is C18H24ClNO2. The molecule has 1 aromatic rings. The number of hydrogen-bond acceptors (Lipinski definition) is 3. The molecule has 22 heavy (non-hydrogen) atoms. The van der Waals surface area contributed by atoms with E-state index in [1.165, 1.54) is 6.42 Å². The van der Waals surface area contributed by atoms with E-state index in [4.69, 9.17) is 21.3 Å². The summed E-state index contributed by atoms with van der Waals surface area (Å²) in [5, 5.41) is 0.795. The molecule has 0 radical (unpaired) electrons. The standard InChI is InChI=1S/C18H24ClNO2/c1-22-12-6-7-14(13-21)20-18-11-5-3-9-16(18)15-8-2-4-10-17(15)19/h2,4,8,10,13-14,16H,3,5-7,9,11-12H2,1H3. The number of aldehydes is 1. The lowest BCUT2D eigenvalue weighted by Gasteiger charge is -2.26. The highest BCUT2D eigenvalue weighted by Crippen LogP contribution is 2.35. The molecule has 0 heterocycles. The molecule has 1 saturated carbocycles. The molecule has 0 amide bonds. The third-order valence-electron chi connectivity index (χ3n) is 4.20. The summed E-state index contributed by atoms with van der Waals surface area (Å²) in [6, 6.07) is 7.72. The Labute approximate surface area is 137 Å². The highest BCUT2D eigenvalue weighted by Gasteiger charge is 2.24. The Morgan fingerprint density at radius 2 is 2.23 bits per heavy atom. The van der Waals surface area contributed by atoms with Gasteiger partial charge in [0.15, 0.2) is 0 Å². The second-order valence-corrected chi connectivity index (χ2v) is 6.19. The predicted octanol–water partition coefficient (Wildman–Crippen LogP) is 4.43. The minimum atomic E-state index is -0.256. The maximum Gasteiger partial charge on any atom is 0.144 e. The van der Waals surface area contributed by atoms with Gasteiger partial charge in [0, 0.05) is 30.4 Å². The second kappa shape index (κ2) is 9.06. The van der Waals surface area contributed by atoms with Gasteiger partial charge >= 0.3 is 0 Å². The number of ether oxygens (including phenoxy) is 1. The van der Waals surface area contributed by atoms with Crippen molar-refractivity contribution in [2.75, 3.05) is 13.7 Å². The van der Waals surface area contributed by atoms with Crippen molar-refractivity contribution >= 4 is 23.6 Å². The lowest BCUT2D eigenvalue weighted by atomic mass is 9.82. The maximum atomic E-state index is 11.3. The molecule has 1 fully saturated rings. The van der Waals surface area contributed by atoms with Gasteiger partial charge in [0.25, 0.3) is 0 Å². The molecule has 2 rings (SSSR count). The van der Waals surface area contributed by atoms with Gasteiger partial charge in [-0.15, -0.1) is 0 Å². The van der Waals surface area contributed by atoms with Gasteiger partial charge in [0.1, 0.15) is 12.3 Å². The zero-order valence-electron chi connectivity index (χ0n) is 13.1. The molecule has 120 valence electrons. The predicted molar refractivity (Wildman–Crippen MR) is 91.1 cm³/mol. The van der Waals surface area contributed by atoms with Crippen molar-refractivity contribution in [3.8, 4) is 0 Å². The summed E-state index contributed by atoms with van der Waals surface area (Å²) in [6.07, 6.45) is 6.91. The minimum Gasteiger partial charge on any atom is -0.385 e. The molecule has 1 aliphatic carbocycles. The highest BCUT2D eigenvalue weighted by molar-refractivity contribution is 6.31. The molecule has 2 atom stereocenters. The number of hydrogen-bond donors (Lipinski definition) is 0. The Balaban J connectivity index is 2.16. The third-order valence-corrected chi connectivity index (χ3v) is 4.54. The summed E-state index contributed by atoms with van der Waals surface area (Å²) in [5.41, 5.74) is 2.28. The van der Waals surface area contributed by atoms with E-state index in [0.29, 0.717) is 6.61 Å². The highest BCUT2D eigenvalue weighted by atomic mass is 35.5. The molecule has 0 spiro atoms. The first-order valence-electron chi connectivity index (χ1n) is 8.01. The molecule has 2 unspecified atom stereocenters. The van der Waals surface area contributed by atoms with E-state index < -0.39 is 0 Å². The first-order valence-corrected chi connectivity index (χ1v) is 8.39. The first-order chi connectivity index (χ1) is 10.8. The zero-order chi connectivity index (χ0) is 15.8. The Morgan fingerprint density at radius 3 is 2.95 bits per heavy atom. The number of benzene rings is 1. The van der Waals surface area contributed by atoms with Gasteiger partial charge in [-0.3, -0.25) is 4.99 Å². The number of nitrogens with zero attached hydrogens (tertiary/aromatic N) is 1. The summed E-state index contributed by atoms with van der Waals surface area (Å²) >= 11 is 6.35. The largest absolute Gasteiger partial charge is 0.385 e. The van der Waals surface area contributed by atoms with Crippen LogP contribution in [0.3, 0.4) is 0 Å². The molecule has 0 saturated heterocycles. The Morgan fingerprint density at radius 1 is 1.41 bits per heavy atom. The van der Waals surface area contributed by atoms with Crippen LogP contribution in [0.5, 0.6) is 0 Å². The van der Waals surface area contributed by atoms with Gasteiger partial charge in [0.05, 0.1) is 0 Å². The monoisotopic (exact) mass is 321 g/mol. The smallest absolute Gasteiger partial charge is 0.144 e. The van der Waals surface area contributed by atoms with E-state index in [-0.39, 0.29) is 12.0 Å². The van der Waals surface area contributed by atoms with E-state index in [2.05, 4.69) is 6.07 Å². The molecule has 0 bridgehead atoms. The summed E-state index contributed by atoms with van der Waals surface area (Å²) in [4.78, 5) is 16.1. The summed E-state index contributed by atoms with van der Waals surface area (Å²) < 4.78 is 5.05. The summed E-state index contributed by atoms with van der Waals surface area (Å²) in [6.45, 7) is 0.670. The second-order valence-electron chi connectivity index (χ2n) is 5.78. The Hall–Kier alpha value is -1.19. The molecule has 0 aliphatic heterocycles. The fourth-order valence-electron chi connectivity index (χ4n) is 3.06. The number of methoxy groups -OCH3 is 1. The van der Waals surface area contributed by atoms with Gasteiger partial charge in [-0.2, -0.15) is 0 Å². The molecule has 3 nitrogen and oxygen atoms in total. The lowest BCUT2D eigenvalue weighted by molar-refractivity contribution is -0.109. The molecule has 0 N–H and O–H groups in total. The maximum absolute atomic E-state index is 11.3. The number of carbonyl (C=O) groups excluding carboxylic acids is 1. The van der Waals surface area contributed by atoms with Gasteiger partial charge in [0.2, 0.25) is 0 Å². The van der Waals surface area contributed by atoms with Crippen LogP contribution in [0.1, 0.15) is 50.0 Å². The number of aliphatic imine (C=N–C) groups is 1. The van der Waals surface area contributed by atoms with E-state index in [9.17, 15) is 4.79 Å². The first kappa shape index (κ1) is 17.2. The SMILES string of the molecule is COCCCC(C=O)N=C1CCCCC1c1ccccc1Cl. The molecule has 0 aromatic heterocycles. The lowest BCUT2D eigenvalue weighted by Crippen LogP contribution is -2.21. The van der Waals surface area contributed by atoms with Crippen LogP contribution in [0.15, 0.2) is 29.3 Å². The topological polar surface area (TPSA) is 38.7 Å². The number of carbonyl (C=O) groups is 1. The van der Waals surface area contributed by atoms with Crippen molar-refractivity contribution in [2.24, 2.45) is 4.99 Å². The van der Waals surface area contributed by atoms with Crippen LogP contribution in [-0.2, 0) is 9.53 Å². The quantitative estimate of drug-likeness (QED) is 0.550. The number of rotatable bonds is 7.